The smallest absolute Gasteiger partial charge is 0.383 e. The quantitative estimate of drug-likeness (QED) is 0.683. The van der Waals surface area contributed by atoms with Crippen molar-refractivity contribution in [1.29, 1.82) is 0 Å². The zero-order valence-electron chi connectivity index (χ0n) is 7.64. The monoisotopic (exact) mass is 196 g/mol. The van der Waals surface area contributed by atoms with Gasteiger partial charge in [0.25, 0.3) is 0 Å². The van der Waals surface area contributed by atoms with Gasteiger partial charge in [-0.05, 0) is 24.7 Å². The van der Waals surface area contributed by atoms with Crippen molar-refractivity contribution in [2.24, 2.45) is 11.8 Å². The molecule has 1 aliphatic rings. The second-order valence-corrected chi connectivity index (χ2v) is 4.01. The Morgan fingerprint density at radius 3 is 2.00 bits per heavy atom. The number of rotatable bonds is 1. The van der Waals surface area contributed by atoms with Gasteiger partial charge in [-0.2, -0.15) is 13.2 Å². The van der Waals surface area contributed by atoms with Gasteiger partial charge in [0, 0.05) is 0 Å². The van der Waals surface area contributed by atoms with Gasteiger partial charge in [0.15, 0.2) is 6.10 Å². The van der Waals surface area contributed by atoms with Crippen molar-refractivity contribution in [2.75, 3.05) is 0 Å². The van der Waals surface area contributed by atoms with Crippen molar-refractivity contribution in [1.82, 2.24) is 0 Å². The first-order chi connectivity index (χ1) is 5.91. The van der Waals surface area contributed by atoms with E-state index in [0.717, 1.165) is 12.8 Å². The molecule has 0 aromatic carbocycles. The van der Waals surface area contributed by atoms with Crippen LogP contribution in [0.25, 0.3) is 0 Å². The van der Waals surface area contributed by atoms with E-state index in [2.05, 4.69) is 0 Å². The molecule has 0 unspecified atom stereocenters. The summed E-state index contributed by atoms with van der Waals surface area (Å²) in [4.78, 5) is 0. The van der Waals surface area contributed by atoms with Crippen LogP contribution in [-0.4, -0.2) is 17.4 Å². The van der Waals surface area contributed by atoms with E-state index in [9.17, 15) is 13.2 Å². The molecule has 1 nitrogen and oxygen atoms in total. The van der Waals surface area contributed by atoms with E-state index in [0.29, 0.717) is 18.8 Å². The lowest BCUT2D eigenvalue weighted by Crippen LogP contribution is -2.37. The fourth-order valence-corrected chi connectivity index (χ4v) is 1.87. The first-order valence-corrected chi connectivity index (χ1v) is 4.66. The average molecular weight is 196 g/mol. The number of aliphatic hydroxyl groups is 1. The Bertz CT molecular complexity index is 159. The molecule has 0 aliphatic heterocycles. The molecule has 0 aromatic rings. The van der Waals surface area contributed by atoms with Gasteiger partial charge in [-0.3, -0.25) is 0 Å². The Kier molecular flexibility index (Phi) is 3.22. The summed E-state index contributed by atoms with van der Waals surface area (Å²) in [6, 6.07) is 0. The Hall–Kier alpha value is -0.250. The first kappa shape index (κ1) is 10.8. The van der Waals surface area contributed by atoms with Crippen molar-refractivity contribution < 1.29 is 18.3 Å². The fraction of sp³-hybridized carbons (Fsp3) is 1.00. The van der Waals surface area contributed by atoms with Gasteiger partial charge < -0.3 is 5.11 Å². The summed E-state index contributed by atoms with van der Waals surface area (Å²) in [5.74, 6) is -0.0621. The van der Waals surface area contributed by atoms with E-state index < -0.39 is 18.2 Å². The lowest BCUT2D eigenvalue weighted by atomic mass is 9.80. The maximum Gasteiger partial charge on any atom is 0.414 e. The summed E-state index contributed by atoms with van der Waals surface area (Å²) in [6.07, 6.45) is -3.94. The molecule has 1 fully saturated rings. The van der Waals surface area contributed by atoms with Gasteiger partial charge in [-0.15, -0.1) is 0 Å². The number of aliphatic hydroxyl groups excluding tert-OH is 1. The third-order valence-corrected chi connectivity index (χ3v) is 2.84. The predicted octanol–water partition coefficient (Wildman–Crippen LogP) is 2.74. The van der Waals surface area contributed by atoms with Gasteiger partial charge in [-0.1, -0.05) is 19.8 Å². The van der Waals surface area contributed by atoms with Gasteiger partial charge in [0.2, 0.25) is 0 Å². The van der Waals surface area contributed by atoms with E-state index in [4.69, 9.17) is 5.11 Å². The molecule has 13 heavy (non-hydrogen) atoms. The maximum absolute atomic E-state index is 12.1. The number of halogens is 3. The molecule has 4 heteroatoms. The molecule has 1 N–H and O–H groups in total. The van der Waals surface area contributed by atoms with Crippen molar-refractivity contribution in [3.63, 3.8) is 0 Å². The van der Waals surface area contributed by atoms with Crippen LogP contribution in [0.2, 0.25) is 0 Å². The maximum atomic E-state index is 12.1. The zero-order chi connectivity index (χ0) is 10.1. The normalized spacial score (nSPS) is 33.0. The number of alkyl halides is 3. The van der Waals surface area contributed by atoms with Crippen LogP contribution in [-0.2, 0) is 0 Å². The Morgan fingerprint density at radius 2 is 1.62 bits per heavy atom. The topological polar surface area (TPSA) is 20.2 Å². The van der Waals surface area contributed by atoms with Crippen molar-refractivity contribution in [2.45, 2.75) is 44.9 Å². The van der Waals surface area contributed by atoms with E-state index in [1.807, 2.05) is 6.92 Å². The summed E-state index contributed by atoms with van der Waals surface area (Å²) in [6.45, 7) is 2.04. The molecule has 0 saturated heterocycles. The van der Waals surface area contributed by atoms with Crippen LogP contribution in [0.3, 0.4) is 0 Å². The molecule has 0 radical (unpaired) electrons. The Balaban J connectivity index is 2.45. The minimum absolute atomic E-state index is 0.502. The Morgan fingerprint density at radius 1 is 1.15 bits per heavy atom. The van der Waals surface area contributed by atoms with Gasteiger partial charge in [-0.25, -0.2) is 0 Å². The van der Waals surface area contributed by atoms with E-state index >= 15 is 0 Å². The zero-order valence-corrected chi connectivity index (χ0v) is 7.64. The molecule has 78 valence electrons. The average Bonchev–Trinajstić information content (AvgIpc) is 2.03. The van der Waals surface area contributed by atoms with E-state index in [1.54, 1.807) is 0 Å². The predicted molar refractivity (Wildman–Crippen MR) is 43.2 cm³/mol. The SMILES string of the molecule is CC1CCC([C@H](O)C(F)(F)F)CC1. The largest absolute Gasteiger partial charge is 0.414 e. The highest BCUT2D eigenvalue weighted by molar-refractivity contribution is 4.79. The van der Waals surface area contributed by atoms with Crippen LogP contribution in [0.15, 0.2) is 0 Å². The fourth-order valence-electron chi connectivity index (χ4n) is 1.87. The standard InChI is InChI=1S/C9H15F3O/c1-6-2-4-7(5-3-6)8(13)9(10,11)12/h6-8,13H,2-5H2,1H3/t6?,7?,8-/m0/s1. The molecule has 1 atom stereocenters. The van der Waals surface area contributed by atoms with Crippen molar-refractivity contribution >= 4 is 0 Å². The second kappa shape index (κ2) is 3.86. The molecule has 0 spiro atoms. The highest BCUT2D eigenvalue weighted by atomic mass is 19.4. The van der Waals surface area contributed by atoms with Crippen LogP contribution >= 0.6 is 0 Å². The second-order valence-electron chi connectivity index (χ2n) is 4.01. The van der Waals surface area contributed by atoms with E-state index in [-0.39, 0.29) is 0 Å². The number of hydrogen-bond acceptors (Lipinski definition) is 1. The molecule has 0 heterocycles. The van der Waals surface area contributed by atoms with E-state index in [1.165, 1.54) is 0 Å². The minimum atomic E-state index is -4.44. The van der Waals surface area contributed by atoms with Crippen LogP contribution in [0.4, 0.5) is 13.2 Å². The van der Waals surface area contributed by atoms with Gasteiger partial charge in [0.05, 0.1) is 0 Å². The first-order valence-electron chi connectivity index (χ1n) is 4.66. The Labute approximate surface area is 75.9 Å². The lowest BCUT2D eigenvalue weighted by Gasteiger charge is -2.30. The molecular formula is C9H15F3O. The van der Waals surface area contributed by atoms with Crippen molar-refractivity contribution in [3.05, 3.63) is 0 Å². The highest BCUT2D eigenvalue weighted by Crippen LogP contribution is 2.36. The molecule has 0 amide bonds. The third-order valence-electron chi connectivity index (χ3n) is 2.84. The third kappa shape index (κ3) is 2.86. The molecule has 1 rings (SSSR count). The van der Waals surface area contributed by atoms with Crippen LogP contribution in [0.5, 0.6) is 0 Å². The van der Waals surface area contributed by atoms with Crippen molar-refractivity contribution in [3.8, 4) is 0 Å². The van der Waals surface area contributed by atoms with Crippen LogP contribution < -0.4 is 0 Å². The summed E-state index contributed by atoms with van der Waals surface area (Å²) in [7, 11) is 0. The lowest BCUT2D eigenvalue weighted by molar-refractivity contribution is -0.222. The summed E-state index contributed by atoms with van der Waals surface area (Å²) in [5, 5.41) is 8.97. The molecular weight excluding hydrogens is 181 g/mol. The minimum Gasteiger partial charge on any atom is -0.383 e. The van der Waals surface area contributed by atoms with Gasteiger partial charge >= 0.3 is 6.18 Å². The highest BCUT2D eigenvalue weighted by Gasteiger charge is 2.43. The molecule has 1 aliphatic carbocycles. The molecule has 0 aromatic heterocycles. The van der Waals surface area contributed by atoms with Crippen LogP contribution in [0.1, 0.15) is 32.6 Å². The van der Waals surface area contributed by atoms with Crippen LogP contribution in [0, 0.1) is 11.8 Å². The molecule has 0 bridgehead atoms. The number of hydrogen-bond donors (Lipinski definition) is 1. The summed E-state index contributed by atoms with van der Waals surface area (Å²) in [5.41, 5.74) is 0. The van der Waals surface area contributed by atoms with Gasteiger partial charge in [0.1, 0.15) is 0 Å². The summed E-state index contributed by atoms with van der Waals surface area (Å²) >= 11 is 0. The molecule has 1 saturated carbocycles. The summed E-state index contributed by atoms with van der Waals surface area (Å²) < 4.78 is 36.2.